The lowest BCUT2D eigenvalue weighted by molar-refractivity contribution is -0.132. The van der Waals surface area contributed by atoms with Crippen LogP contribution < -0.4 is 19.7 Å². The number of carbonyl (C=O) groups is 3. The molecule has 0 radical (unpaired) electrons. The van der Waals surface area contributed by atoms with Crippen LogP contribution in [0.15, 0.2) is 54.6 Å². The van der Waals surface area contributed by atoms with Crippen LogP contribution in [0.25, 0.3) is 11.0 Å². The molecule has 1 fully saturated rings. The van der Waals surface area contributed by atoms with Crippen LogP contribution >= 0.6 is 0 Å². The zero-order valence-electron chi connectivity index (χ0n) is 28.0. The Hall–Kier alpha value is -4.94. The first-order valence-electron chi connectivity index (χ1n) is 16.2. The number of aromatic nitrogens is 2. The van der Waals surface area contributed by atoms with E-state index < -0.39 is 5.91 Å². The van der Waals surface area contributed by atoms with Crippen LogP contribution in [0.2, 0.25) is 0 Å². The summed E-state index contributed by atoms with van der Waals surface area (Å²) in [5.41, 5.74) is 3.80. The molecular formula is C36H44N6O6. The highest BCUT2D eigenvalue weighted by Gasteiger charge is 2.22. The molecule has 3 amide bonds. The number of fused-ring (bicyclic) bond motifs is 1. The number of amides is 3. The first-order valence-corrected chi connectivity index (χ1v) is 16.2. The molecule has 1 saturated heterocycles. The summed E-state index contributed by atoms with van der Waals surface area (Å²) in [5.74, 6) is 0.823. The fourth-order valence-electron chi connectivity index (χ4n) is 5.73. The molecule has 4 aromatic rings. The average molecular weight is 657 g/mol. The summed E-state index contributed by atoms with van der Waals surface area (Å²) in [6, 6.07) is 15.7. The molecular weight excluding hydrogens is 612 g/mol. The van der Waals surface area contributed by atoms with Crippen LogP contribution in [0.3, 0.4) is 0 Å². The third-order valence-electron chi connectivity index (χ3n) is 8.58. The molecule has 0 aliphatic carbocycles. The number of imidazole rings is 1. The van der Waals surface area contributed by atoms with Crippen molar-refractivity contribution in [2.24, 2.45) is 0 Å². The minimum Gasteiger partial charge on any atom is -0.495 e. The molecule has 0 bridgehead atoms. The number of aryl methyl sites for hydroxylation is 1. The van der Waals surface area contributed by atoms with E-state index in [9.17, 15) is 19.5 Å². The van der Waals surface area contributed by atoms with Gasteiger partial charge in [0.05, 0.1) is 36.2 Å². The highest BCUT2D eigenvalue weighted by Crippen LogP contribution is 2.32. The Labute approximate surface area is 280 Å². The minimum atomic E-state index is -0.408. The Morgan fingerprint density at radius 1 is 1.00 bits per heavy atom. The molecule has 1 aromatic heterocycles. The number of carbonyl (C=O) groups excluding carboxylic acids is 3. The molecule has 3 N–H and O–H groups in total. The van der Waals surface area contributed by atoms with Crippen LogP contribution in [0.1, 0.15) is 57.8 Å². The maximum absolute atomic E-state index is 13.7. The number of nitrogens with one attached hydrogen (secondary N) is 2. The van der Waals surface area contributed by atoms with Gasteiger partial charge in [-0.25, -0.2) is 4.98 Å². The average Bonchev–Trinajstić information content (AvgIpc) is 3.53. The molecule has 0 unspecified atom stereocenters. The molecule has 2 heterocycles. The van der Waals surface area contributed by atoms with Gasteiger partial charge in [0.1, 0.15) is 29.4 Å². The van der Waals surface area contributed by atoms with Crippen molar-refractivity contribution in [3.05, 3.63) is 77.1 Å². The van der Waals surface area contributed by atoms with E-state index in [0.29, 0.717) is 63.9 Å². The second-order valence-corrected chi connectivity index (χ2v) is 12.1. The number of H-pyrrole nitrogens is 1. The van der Waals surface area contributed by atoms with E-state index >= 15 is 0 Å². The van der Waals surface area contributed by atoms with Gasteiger partial charge in [0, 0.05) is 45.2 Å². The van der Waals surface area contributed by atoms with E-state index in [1.54, 1.807) is 43.4 Å². The number of piperazine rings is 1. The number of anilines is 2. The summed E-state index contributed by atoms with van der Waals surface area (Å²) < 4.78 is 11.7. The van der Waals surface area contributed by atoms with Crippen LogP contribution in [0.5, 0.6) is 11.5 Å². The number of ether oxygens (including phenoxy) is 2. The van der Waals surface area contributed by atoms with Crippen molar-refractivity contribution in [3.63, 3.8) is 0 Å². The highest BCUT2D eigenvalue weighted by atomic mass is 16.5. The van der Waals surface area contributed by atoms with Gasteiger partial charge >= 0.3 is 0 Å². The number of nitrogens with zero attached hydrogens (tertiary/aromatic N) is 4. The maximum Gasteiger partial charge on any atom is 0.258 e. The van der Waals surface area contributed by atoms with Gasteiger partial charge in [-0.1, -0.05) is 12.1 Å². The Morgan fingerprint density at radius 2 is 1.79 bits per heavy atom. The number of rotatable bonds is 13. The summed E-state index contributed by atoms with van der Waals surface area (Å²) in [6.45, 7) is 5.60. The third kappa shape index (κ3) is 8.12. The largest absolute Gasteiger partial charge is 0.495 e. The van der Waals surface area contributed by atoms with Crippen LogP contribution in [0, 0.1) is 6.92 Å². The Morgan fingerprint density at radius 3 is 2.54 bits per heavy atom. The summed E-state index contributed by atoms with van der Waals surface area (Å²) >= 11 is 0. The second kappa shape index (κ2) is 15.8. The number of methoxy groups -OCH3 is 1. The van der Waals surface area contributed by atoms with Crippen LogP contribution in [0.4, 0.5) is 11.4 Å². The fraction of sp³-hybridized carbons (Fsp3) is 0.389. The van der Waals surface area contributed by atoms with Gasteiger partial charge in [0.25, 0.3) is 11.8 Å². The zero-order chi connectivity index (χ0) is 34.2. The first-order chi connectivity index (χ1) is 23.2. The molecule has 48 heavy (non-hydrogen) atoms. The Balaban J connectivity index is 1.19. The molecule has 12 heteroatoms. The smallest absolute Gasteiger partial charge is 0.258 e. The predicted molar refractivity (Wildman–Crippen MR) is 185 cm³/mol. The molecule has 254 valence electrons. The lowest BCUT2D eigenvalue weighted by atomic mass is 10.1. The van der Waals surface area contributed by atoms with Gasteiger partial charge < -0.3 is 39.6 Å². The minimum absolute atomic E-state index is 0.223. The summed E-state index contributed by atoms with van der Waals surface area (Å²) in [4.78, 5) is 52.4. The highest BCUT2D eigenvalue weighted by molar-refractivity contribution is 6.12. The monoisotopic (exact) mass is 656 g/mol. The first kappa shape index (κ1) is 34.4. The standard InChI is InChI=1S/C36H44N6O6/c1-24-12-15-29(31(21-24)48-20-7-5-6-11-33(44)42-18-16-40(2)17-19-42)41(3)36(46)25-13-14-27(30(22-25)47-4)38-35(45)26-9-8-10-28-34(26)39-32(23-43)37-28/h8-10,12-15,21-22,43H,5-7,11,16-20,23H2,1-4H3,(H,37,39)(H,38,45). The molecule has 0 atom stereocenters. The van der Waals surface area contributed by atoms with E-state index in [1.165, 1.54) is 12.0 Å². The zero-order valence-corrected chi connectivity index (χ0v) is 28.0. The van der Waals surface area contributed by atoms with Gasteiger partial charge in [-0.3, -0.25) is 14.4 Å². The van der Waals surface area contributed by atoms with Gasteiger partial charge in [-0.05, 0) is 81.3 Å². The molecule has 0 spiro atoms. The van der Waals surface area contributed by atoms with Gasteiger partial charge in [0.15, 0.2) is 0 Å². The van der Waals surface area contributed by atoms with Crippen molar-refractivity contribution in [1.29, 1.82) is 0 Å². The Bertz CT molecular complexity index is 1760. The van der Waals surface area contributed by atoms with Crippen molar-refractivity contribution < 1.29 is 29.0 Å². The van der Waals surface area contributed by atoms with E-state index in [4.69, 9.17) is 9.47 Å². The molecule has 5 rings (SSSR count). The van der Waals surface area contributed by atoms with Crippen LogP contribution in [-0.4, -0.2) is 96.6 Å². The molecule has 1 aliphatic heterocycles. The van der Waals surface area contributed by atoms with E-state index in [0.717, 1.165) is 51.0 Å². The summed E-state index contributed by atoms with van der Waals surface area (Å²) in [6.07, 6.45) is 3.03. The number of aliphatic hydroxyl groups is 1. The maximum atomic E-state index is 13.7. The number of para-hydroxylation sites is 1. The molecule has 1 aliphatic rings. The normalized spacial score (nSPS) is 13.4. The SMILES string of the molecule is COc1cc(C(=O)N(C)c2ccc(C)cc2OCCCCCC(=O)N2CCN(C)CC2)ccc1NC(=O)c1cccc2[nH]c(CO)nc12. The van der Waals surface area contributed by atoms with Crippen molar-refractivity contribution in [2.75, 3.05) is 64.2 Å². The van der Waals surface area contributed by atoms with Crippen molar-refractivity contribution >= 4 is 40.1 Å². The second-order valence-electron chi connectivity index (χ2n) is 12.1. The molecule has 0 saturated carbocycles. The number of benzene rings is 3. The topological polar surface area (TPSA) is 140 Å². The van der Waals surface area contributed by atoms with Crippen LogP contribution in [-0.2, 0) is 11.4 Å². The van der Waals surface area contributed by atoms with Gasteiger partial charge in [-0.15, -0.1) is 0 Å². The summed E-state index contributed by atoms with van der Waals surface area (Å²) in [7, 11) is 5.24. The fourth-order valence-corrected chi connectivity index (χ4v) is 5.73. The lowest BCUT2D eigenvalue weighted by Gasteiger charge is -2.32. The van der Waals surface area contributed by atoms with Crippen molar-refractivity contribution in [1.82, 2.24) is 19.8 Å². The quantitative estimate of drug-likeness (QED) is 0.177. The number of unbranched alkanes of at least 4 members (excludes halogenated alkanes) is 2. The number of hydrogen-bond donors (Lipinski definition) is 3. The van der Waals surface area contributed by atoms with E-state index in [2.05, 4.69) is 27.2 Å². The Kier molecular flexibility index (Phi) is 11.3. The van der Waals surface area contributed by atoms with Crippen molar-refractivity contribution in [2.45, 2.75) is 39.2 Å². The van der Waals surface area contributed by atoms with Crippen molar-refractivity contribution in [3.8, 4) is 11.5 Å². The number of hydrogen-bond acceptors (Lipinski definition) is 8. The van der Waals surface area contributed by atoms with E-state index in [-0.39, 0.29) is 18.4 Å². The lowest BCUT2D eigenvalue weighted by Crippen LogP contribution is -2.47. The molecule has 3 aromatic carbocycles. The predicted octanol–water partition coefficient (Wildman–Crippen LogP) is 4.61. The van der Waals surface area contributed by atoms with Gasteiger partial charge in [-0.2, -0.15) is 0 Å². The third-order valence-corrected chi connectivity index (χ3v) is 8.58. The molecule has 12 nitrogen and oxygen atoms in total. The summed E-state index contributed by atoms with van der Waals surface area (Å²) in [5, 5.41) is 12.3. The van der Waals surface area contributed by atoms with E-state index in [1.807, 2.05) is 30.0 Å². The number of likely N-dealkylation sites (N-methyl/N-ethyl adjacent to an activating group) is 1. The number of aliphatic hydroxyl groups excluding tert-OH is 1. The number of aromatic amines is 1. The van der Waals surface area contributed by atoms with Gasteiger partial charge in [0.2, 0.25) is 5.91 Å².